The number of aryl methyl sites for hydroxylation is 1. The molecule has 3 aromatic rings. The molecular weight excluding hydrogens is 471 g/mol. The molecule has 1 atom stereocenters. The summed E-state index contributed by atoms with van der Waals surface area (Å²) in [6.45, 7) is 6.85. The van der Waals surface area contributed by atoms with Crippen LogP contribution in [0.25, 0.3) is 11.3 Å². The summed E-state index contributed by atoms with van der Waals surface area (Å²) < 4.78 is 50.7. The quantitative estimate of drug-likeness (QED) is 0.309. The molecule has 0 saturated heterocycles. The van der Waals surface area contributed by atoms with Gasteiger partial charge in [-0.05, 0) is 81.6 Å². The monoisotopic (exact) mass is 501 g/mol. The second-order valence-corrected chi connectivity index (χ2v) is 9.12. The summed E-state index contributed by atoms with van der Waals surface area (Å²) in [6, 6.07) is 15.5. The fourth-order valence-electron chi connectivity index (χ4n) is 3.57. The summed E-state index contributed by atoms with van der Waals surface area (Å²) in [4.78, 5) is 16.1. The zero-order valence-electron chi connectivity index (χ0n) is 20.7. The van der Waals surface area contributed by atoms with Crippen molar-refractivity contribution in [3.8, 4) is 22.8 Å². The van der Waals surface area contributed by atoms with E-state index in [1.165, 1.54) is 26.0 Å². The van der Waals surface area contributed by atoms with Crippen molar-refractivity contribution in [1.29, 1.82) is 0 Å². The largest absolute Gasteiger partial charge is 0.484 e. The molecule has 192 valence electrons. The van der Waals surface area contributed by atoms with E-state index in [2.05, 4.69) is 6.92 Å². The van der Waals surface area contributed by atoms with E-state index in [1.807, 2.05) is 19.1 Å². The van der Waals surface area contributed by atoms with Gasteiger partial charge in [0.2, 0.25) is 0 Å². The Bertz CT molecular complexity index is 1190. The predicted octanol–water partition coefficient (Wildman–Crippen LogP) is 7.63. The third-order valence-corrected chi connectivity index (χ3v) is 5.73. The Hall–Kier alpha value is -3.55. The van der Waals surface area contributed by atoms with Gasteiger partial charge in [-0.3, -0.25) is 0 Å². The Morgan fingerprint density at radius 3 is 2.33 bits per heavy atom. The van der Waals surface area contributed by atoms with Crippen molar-refractivity contribution in [2.24, 2.45) is 0 Å². The van der Waals surface area contributed by atoms with Gasteiger partial charge in [0.15, 0.2) is 5.60 Å². The molecule has 36 heavy (non-hydrogen) atoms. The minimum atomic E-state index is -4.39. The van der Waals surface area contributed by atoms with E-state index in [0.29, 0.717) is 34.9 Å². The fourth-order valence-corrected chi connectivity index (χ4v) is 3.57. The highest BCUT2D eigenvalue weighted by atomic mass is 19.4. The number of alkyl halides is 3. The number of aliphatic carboxylic acids is 1. The van der Waals surface area contributed by atoms with Crippen LogP contribution in [0.2, 0.25) is 0 Å². The number of carbonyl (C=O) groups is 1. The van der Waals surface area contributed by atoms with E-state index in [9.17, 15) is 23.1 Å². The van der Waals surface area contributed by atoms with Crippen LogP contribution >= 0.6 is 0 Å². The summed E-state index contributed by atoms with van der Waals surface area (Å²) in [6.07, 6.45) is -2.22. The highest BCUT2D eigenvalue weighted by Gasteiger charge is 2.31. The lowest BCUT2D eigenvalue weighted by Crippen LogP contribution is -2.38. The van der Waals surface area contributed by atoms with Crippen molar-refractivity contribution in [3.63, 3.8) is 0 Å². The number of hydrogen-bond donors (Lipinski definition) is 1. The van der Waals surface area contributed by atoms with Crippen molar-refractivity contribution in [3.05, 3.63) is 77.5 Å². The van der Waals surface area contributed by atoms with Crippen LogP contribution in [0.4, 0.5) is 13.2 Å². The lowest BCUT2D eigenvalue weighted by atomic mass is 10.1. The van der Waals surface area contributed by atoms with Gasteiger partial charge in [0.25, 0.3) is 0 Å². The summed E-state index contributed by atoms with van der Waals surface area (Å²) in [5.41, 5.74) is 0.452. The zero-order chi connectivity index (χ0) is 26.5. The molecule has 0 aliphatic heterocycles. The zero-order valence-corrected chi connectivity index (χ0v) is 20.7. The summed E-state index contributed by atoms with van der Waals surface area (Å²) in [5, 5.41) is 9.32. The van der Waals surface area contributed by atoms with Crippen molar-refractivity contribution in [2.75, 3.05) is 0 Å². The minimum absolute atomic E-state index is 0.374. The Kier molecular flexibility index (Phi) is 8.28. The third kappa shape index (κ3) is 6.77. The number of pyridine rings is 1. The van der Waals surface area contributed by atoms with Gasteiger partial charge in [-0.2, -0.15) is 13.2 Å². The van der Waals surface area contributed by atoms with E-state index < -0.39 is 23.3 Å². The molecule has 1 unspecified atom stereocenters. The molecule has 0 fully saturated rings. The number of benzene rings is 2. The van der Waals surface area contributed by atoms with Crippen LogP contribution in [-0.4, -0.2) is 21.7 Å². The third-order valence-electron chi connectivity index (χ3n) is 5.73. The molecule has 0 aliphatic carbocycles. The summed E-state index contributed by atoms with van der Waals surface area (Å²) in [7, 11) is 0. The van der Waals surface area contributed by atoms with Gasteiger partial charge < -0.3 is 14.6 Å². The molecule has 8 heteroatoms. The van der Waals surface area contributed by atoms with E-state index in [-0.39, 0.29) is 6.10 Å². The highest BCUT2D eigenvalue weighted by molar-refractivity contribution is 5.76. The van der Waals surface area contributed by atoms with Gasteiger partial charge in [-0.1, -0.05) is 31.5 Å². The van der Waals surface area contributed by atoms with Crippen LogP contribution in [0.15, 0.2) is 60.7 Å². The maximum absolute atomic E-state index is 12.9. The number of carboxylic acid groups (broad SMARTS) is 1. The molecule has 0 amide bonds. The van der Waals surface area contributed by atoms with E-state index in [1.54, 1.807) is 24.3 Å². The number of carboxylic acids is 1. The molecule has 2 aromatic carbocycles. The van der Waals surface area contributed by atoms with Gasteiger partial charge in [-0.25, -0.2) is 9.78 Å². The fraction of sp³-hybridized carbons (Fsp3) is 0.357. The molecule has 1 heterocycles. The van der Waals surface area contributed by atoms with Crippen molar-refractivity contribution in [2.45, 2.75) is 64.8 Å². The van der Waals surface area contributed by atoms with E-state index >= 15 is 0 Å². The van der Waals surface area contributed by atoms with Gasteiger partial charge in [-0.15, -0.1) is 0 Å². The van der Waals surface area contributed by atoms with Gasteiger partial charge in [0, 0.05) is 5.56 Å². The first-order valence-electron chi connectivity index (χ1n) is 11.7. The normalized spacial score (nSPS) is 12.8. The van der Waals surface area contributed by atoms with E-state index in [4.69, 9.17) is 14.5 Å². The number of unbranched alkanes of at least 4 members (excludes halogenated alkanes) is 1. The van der Waals surface area contributed by atoms with Crippen LogP contribution in [0.3, 0.4) is 0 Å². The van der Waals surface area contributed by atoms with Crippen LogP contribution in [0, 0.1) is 6.92 Å². The molecule has 1 N–H and O–H groups in total. The molecule has 0 aliphatic rings. The maximum atomic E-state index is 12.9. The first-order valence-corrected chi connectivity index (χ1v) is 11.7. The molecule has 0 bridgehead atoms. The van der Waals surface area contributed by atoms with Crippen LogP contribution in [-0.2, 0) is 11.0 Å². The SMILES string of the molecule is CCCCC(Oc1ccc(OC(C)(C)C(=O)O)c(C)c1)c1cccc(-c2ccc(C(F)(F)F)cc2)n1. The van der Waals surface area contributed by atoms with Crippen LogP contribution < -0.4 is 9.47 Å². The Balaban J connectivity index is 1.85. The smallest absolute Gasteiger partial charge is 0.416 e. The Labute approximate surface area is 208 Å². The summed E-state index contributed by atoms with van der Waals surface area (Å²) in [5.74, 6) is -0.0426. The van der Waals surface area contributed by atoms with Crippen LogP contribution in [0.1, 0.15) is 63.0 Å². The minimum Gasteiger partial charge on any atom is -0.484 e. The first-order chi connectivity index (χ1) is 16.9. The molecule has 5 nitrogen and oxygen atoms in total. The molecule has 0 radical (unpaired) electrons. The number of rotatable bonds is 10. The average molecular weight is 502 g/mol. The summed E-state index contributed by atoms with van der Waals surface area (Å²) >= 11 is 0. The standard InChI is InChI=1S/C28H30F3NO4/c1-5-6-10-25(35-21-15-16-24(18(2)17-21)36-27(3,4)26(33)34)23-9-7-8-22(32-23)19-11-13-20(14-12-19)28(29,30)31/h7-9,11-17,25H,5-6,10H2,1-4H3,(H,33,34). The Morgan fingerprint density at radius 2 is 1.75 bits per heavy atom. The van der Waals surface area contributed by atoms with Crippen molar-refractivity contribution in [1.82, 2.24) is 4.98 Å². The predicted molar refractivity (Wildman–Crippen MR) is 131 cm³/mol. The van der Waals surface area contributed by atoms with E-state index in [0.717, 1.165) is 30.5 Å². The molecule has 3 rings (SSSR count). The lowest BCUT2D eigenvalue weighted by molar-refractivity contribution is -0.152. The highest BCUT2D eigenvalue weighted by Crippen LogP contribution is 2.33. The van der Waals surface area contributed by atoms with Gasteiger partial charge in [0.05, 0.1) is 17.0 Å². The number of aromatic nitrogens is 1. The number of halogens is 3. The van der Waals surface area contributed by atoms with Gasteiger partial charge >= 0.3 is 12.1 Å². The van der Waals surface area contributed by atoms with Crippen molar-refractivity contribution >= 4 is 5.97 Å². The second kappa shape index (κ2) is 11.0. The first kappa shape index (κ1) is 27.0. The maximum Gasteiger partial charge on any atom is 0.416 e. The number of hydrogen-bond acceptors (Lipinski definition) is 4. The molecule has 0 saturated carbocycles. The van der Waals surface area contributed by atoms with Crippen LogP contribution in [0.5, 0.6) is 11.5 Å². The lowest BCUT2D eigenvalue weighted by Gasteiger charge is -2.24. The number of nitrogens with zero attached hydrogens (tertiary/aromatic N) is 1. The molecule has 0 spiro atoms. The number of ether oxygens (including phenoxy) is 2. The van der Waals surface area contributed by atoms with Gasteiger partial charge in [0.1, 0.15) is 17.6 Å². The Morgan fingerprint density at radius 1 is 1.06 bits per heavy atom. The van der Waals surface area contributed by atoms with Crippen molar-refractivity contribution < 1.29 is 32.5 Å². The molecule has 1 aromatic heterocycles. The second-order valence-electron chi connectivity index (χ2n) is 9.12. The topological polar surface area (TPSA) is 68.7 Å². The molecular formula is C28H30F3NO4. The average Bonchev–Trinajstić information content (AvgIpc) is 2.83.